The molecule has 0 spiro atoms. The van der Waals surface area contributed by atoms with Gasteiger partial charge >= 0.3 is 7.60 Å². The van der Waals surface area contributed by atoms with Crippen molar-refractivity contribution in [1.29, 1.82) is 0 Å². The number of nitrogens with two attached hydrogens (primary N) is 1. The van der Waals surface area contributed by atoms with Crippen LogP contribution in [-0.4, -0.2) is 20.3 Å². The van der Waals surface area contributed by atoms with E-state index in [1.807, 2.05) is 0 Å². The molecule has 0 aliphatic heterocycles. The topological polar surface area (TPSA) is 111 Å². The predicted octanol–water partition coefficient (Wildman–Crippen LogP) is -1.43. The van der Waals surface area contributed by atoms with Gasteiger partial charge in [0, 0.05) is 0 Å². The Balaban J connectivity index is 3.03. The highest BCUT2D eigenvalue weighted by atomic mass is 31.2. The number of hydrogen-bond acceptors (Lipinski definition) is 6. The van der Waals surface area contributed by atoms with E-state index in [1.54, 1.807) is 0 Å². The molecule has 3 N–H and O–H groups in total. The lowest BCUT2D eigenvalue weighted by Crippen LogP contribution is -2.15. The first kappa shape index (κ1) is 8.22. The maximum atomic E-state index is 10.9. The van der Waals surface area contributed by atoms with E-state index in [-0.39, 0.29) is 5.44 Å². The second-order valence-electron chi connectivity index (χ2n) is 1.60. The number of rotatable bonds is 2. The van der Waals surface area contributed by atoms with Gasteiger partial charge < -0.3 is 4.89 Å². The van der Waals surface area contributed by atoms with E-state index in [2.05, 4.69) is 25.9 Å². The Morgan fingerprint density at radius 1 is 1.73 bits per heavy atom. The van der Waals surface area contributed by atoms with Crippen molar-refractivity contribution in [2.75, 3.05) is 0 Å². The Bertz CT molecular complexity index is 277. The Hall–Kier alpha value is -0.880. The first-order valence-corrected chi connectivity index (χ1v) is 4.11. The molecular weight excluding hydrogens is 171 g/mol. The monoisotopic (exact) mass is 176 g/mol. The van der Waals surface area contributed by atoms with Gasteiger partial charge in [0.25, 0.3) is 0 Å². The lowest BCUT2D eigenvalue weighted by molar-refractivity contribution is 0.277. The van der Waals surface area contributed by atoms with Gasteiger partial charge in [-0.05, 0) is 11.3 Å². The normalized spacial score (nSPS) is 15.8. The third-order valence-electron chi connectivity index (χ3n) is 0.921. The molecule has 1 heterocycles. The quantitative estimate of drug-likeness (QED) is 0.419. The molecule has 1 aromatic heterocycles. The van der Waals surface area contributed by atoms with Crippen molar-refractivity contribution in [2.24, 2.45) is 5.90 Å². The molecule has 1 rings (SSSR count). The molecule has 0 saturated carbocycles. The van der Waals surface area contributed by atoms with E-state index in [9.17, 15) is 4.57 Å². The highest BCUT2D eigenvalue weighted by molar-refractivity contribution is 7.60. The third-order valence-corrected chi connectivity index (χ3v) is 2.02. The third kappa shape index (κ3) is 1.78. The summed E-state index contributed by atoms with van der Waals surface area (Å²) in [6, 6.07) is 1.20. The Morgan fingerprint density at radius 3 is 2.91 bits per heavy atom. The van der Waals surface area contributed by atoms with Crippen molar-refractivity contribution < 1.29 is 14.1 Å². The molecule has 0 bridgehead atoms. The summed E-state index contributed by atoms with van der Waals surface area (Å²) in [6.45, 7) is 0. The highest BCUT2D eigenvalue weighted by Gasteiger charge is 2.23. The summed E-state index contributed by atoms with van der Waals surface area (Å²) in [4.78, 5) is 8.87. The van der Waals surface area contributed by atoms with Crippen molar-refractivity contribution >= 4 is 13.0 Å². The van der Waals surface area contributed by atoms with Crippen LogP contribution in [0.1, 0.15) is 0 Å². The summed E-state index contributed by atoms with van der Waals surface area (Å²) in [7, 11) is -3.96. The fourth-order valence-corrected chi connectivity index (χ4v) is 0.956. The molecule has 0 aliphatic rings. The van der Waals surface area contributed by atoms with Crippen LogP contribution in [0.2, 0.25) is 0 Å². The first-order valence-electron chi connectivity index (χ1n) is 2.53. The zero-order valence-corrected chi connectivity index (χ0v) is 6.18. The molecule has 0 amide bonds. The lowest BCUT2D eigenvalue weighted by atomic mass is 10.7. The van der Waals surface area contributed by atoms with Gasteiger partial charge in [-0.2, -0.15) is 0 Å². The summed E-state index contributed by atoms with van der Waals surface area (Å²) in [5, 5.41) is 9.68. The van der Waals surface area contributed by atoms with Crippen molar-refractivity contribution in [1.82, 2.24) is 15.4 Å². The van der Waals surface area contributed by atoms with Crippen molar-refractivity contribution in [3.8, 4) is 0 Å². The second kappa shape index (κ2) is 3.02. The molecule has 11 heavy (non-hydrogen) atoms. The smallest absolute Gasteiger partial charge is 0.319 e. The molecule has 8 heteroatoms. The first-order chi connectivity index (χ1) is 5.17. The van der Waals surface area contributed by atoms with Crippen LogP contribution in [0.25, 0.3) is 0 Å². The van der Waals surface area contributed by atoms with Crippen LogP contribution >= 0.6 is 7.60 Å². The molecule has 0 aliphatic carbocycles. The van der Waals surface area contributed by atoms with E-state index in [0.717, 1.165) is 0 Å². The van der Waals surface area contributed by atoms with Crippen LogP contribution in [0.15, 0.2) is 12.3 Å². The minimum atomic E-state index is -3.96. The van der Waals surface area contributed by atoms with E-state index < -0.39 is 7.60 Å². The lowest BCUT2D eigenvalue weighted by Gasteiger charge is -2.03. The standard InChI is InChI=1S/C3H5N4O3P/c4-10-11(8,9)3-1-2-5-7-6-3/h1-2H,4H2,(H,8,9). The van der Waals surface area contributed by atoms with Gasteiger partial charge in [-0.25, -0.2) is 10.5 Å². The van der Waals surface area contributed by atoms with Crippen LogP contribution in [0.3, 0.4) is 0 Å². The second-order valence-corrected chi connectivity index (χ2v) is 3.31. The largest absolute Gasteiger partial charge is 0.395 e. The predicted molar refractivity (Wildman–Crippen MR) is 34.6 cm³/mol. The molecule has 0 fully saturated rings. The van der Waals surface area contributed by atoms with Crippen molar-refractivity contribution in [3.63, 3.8) is 0 Å². The molecule has 0 saturated heterocycles. The number of nitrogens with zero attached hydrogens (tertiary/aromatic N) is 3. The minimum Gasteiger partial charge on any atom is -0.319 e. The summed E-state index contributed by atoms with van der Waals surface area (Å²) < 4.78 is 14.7. The van der Waals surface area contributed by atoms with Crippen LogP contribution in [0.4, 0.5) is 0 Å². The van der Waals surface area contributed by atoms with Gasteiger partial charge in [-0.1, -0.05) is 0 Å². The molecule has 1 unspecified atom stereocenters. The van der Waals surface area contributed by atoms with Crippen LogP contribution in [0.5, 0.6) is 0 Å². The van der Waals surface area contributed by atoms with E-state index in [0.29, 0.717) is 0 Å². The Kier molecular flexibility index (Phi) is 2.25. The SMILES string of the molecule is NOP(=O)(O)c1ccnnn1. The number of hydrogen-bond donors (Lipinski definition) is 2. The van der Waals surface area contributed by atoms with Gasteiger partial charge in [0.2, 0.25) is 0 Å². The van der Waals surface area contributed by atoms with Gasteiger partial charge in [0.1, 0.15) is 0 Å². The van der Waals surface area contributed by atoms with E-state index in [4.69, 9.17) is 4.89 Å². The summed E-state index contributed by atoms with van der Waals surface area (Å²) in [6.07, 6.45) is 1.21. The Labute approximate surface area is 61.7 Å². The Morgan fingerprint density at radius 2 is 2.45 bits per heavy atom. The van der Waals surface area contributed by atoms with Crippen LogP contribution in [-0.2, 0) is 9.19 Å². The zero-order chi connectivity index (χ0) is 8.32. The van der Waals surface area contributed by atoms with Gasteiger partial charge in [-0.15, -0.1) is 10.2 Å². The van der Waals surface area contributed by atoms with Crippen LogP contribution < -0.4 is 11.3 Å². The highest BCUT2D eigenvalue weighted by Crippen LogP contribution is 2.36. The zero-order valence-electron chi connectivity index (χ0n) is 5.28. The molecule has 0 aromatic carbocycles. The summed E-state index contributed by atoms with van der Waals surface area (Å²) >= 11 is 0. The molecular formula is C3H5N4O3P. The average molecular weight is 176 g/mol. The molecule has 1 atom stereocenters. The fourth-order valence-electron chi connectivity index (χ4n) is 0.439. The fraction of sp³-hybridized carbons (Fsp3) is 0. The maximum absolute atomic E-state index is 10.9. The summed E-state index contributed by atoms with van der Waals surface area (Å²) in [5.41, 5.74) is -0.227. The molecule has 0 radical (unpaired) electrons. The molecule has 60 valence electrons. The van der Waals surface area contributed by atoms with Crippen molar-refractivity contribution in [2.45, 2.75) is 0 Å². The molecule has 7 nitrogen and oxygen atoms in total. The number of aromatic nitrogens is 3. The summed E-state index contributed by atoms with van der Waals surface area (Å²) in [5.74, 6) is 4.54. The van der Waals surface area contributed by atoms with Gasteiger partial charge in [0.05, 0.1) is 6.20 Å². The van der Waals surface area contributed by atoms with E-state index >= 15 is 0 Å². The van der Waals surface area contributed by atoms with E-state index in [1.165, 1.54) is 12.3 Å². The average Bonchev–Trinajstić information content (AvgIpc) is 2.06. The minimum absolute atomic E-state index is 0.227. The van der Waals surface area contributed by atoms with Gasteiger partial charge in [-0.3, -0.25) is 4.57 Å². The van der Waals surface area contributed by atoms with Crippen LogP contribution in [0, 0.1) is 0 Å². The van der Waals surface area contributed by atoms with Crippen molar-refractivity contribution in [3.05, 3.63) is 12.3 Å². The molecule has 1 aromatic rings. The van der Waals surface area contributed by atoms with Gasteiger partial charge in [0.15, 0.2) is 5.44 Å². The maximum Gasteiger partial charge on any atom is 0.395 e.